The Morgan fingerprint density at radius 2 is 2.29 bits per heavy atom. The molecule has 0 heterocycles. The minimum absolute atomic E-state index is 0.0288. The molecule has 1 amide bonds. The summed E-state index contributed by atoms with van der Waals surface area (Å²) in [6.45, 7) is 3.05. The molecule has 0 aliphatic heterocycles. The van der Waals surface area contributed by atoms with Crippen molar-refractivity contribution in [2.45, 2.75) is 13.3 Å². The molecule has 3 heteroatoms. The number of benzene rings is 1. The average molecular weight is 192 g/mol. The zero-order valence-electron chi connectivity index (χ0n) is 8.42. The van der Waals surface area contributed by atoms with Gasteiger partial charge < -0.3 is 11.1 Å². The normalized spacial score (nSPS) is 9.86. The predicted molar refractivity (Wildman–Crippen MR) is 56.9 cm³/mol. The van der Waals surface area contributed by atoms with Gasteiger partial charge in [0, 0.05) is 13.1 Å². The van der Waals surface area contributed by atoms with Crippen molar-refractivity contribution in [2.24, 2.45) is 5.73 Å². The monoisotopic (exact) mass is 192 g/mol. The fourth-order valence-electron chi connectivity index (χ4n) is 1.28. The zero-order chi connectivity index (χ0) is 10.4. The fraction of sp³-hybridized carbons (Fsp3) is 0.364. The number of carbonyl (C=O) groups excluding carboxylic acids is 1. The second-order valence-electron chi connectivity index (χ2n) is 3.30. The van der Waals surface area contributed by atoms with E-state index in [1.807, 2.05) is 31.2 Å². The number of amides is 1. The van der Waals surface area contributed by atoms with Gasteiger partial charge in [-0.1, -0.05) is 29.8 Å². The second-order valence-corrected chi connectivity index (χ2v) is 3.30. The van der Waals surface area contributed by atoms with Gasteiger partial charge in [0.25, 0.3) is 0 Å². The van der Waals surface area contributed by atoms with Gasteiger partial charge in [0.2, 0.25) is 5.91 Å². The highest BCUT2D eigenvalue weighted by molar-refractivity contribution is 5.78. The predicted octanol–water partition coefficient (Wildman–Crippen LogP) is 0.612. The van der Waals surface area contributed by atoms with Crippen molar-refractivity contribution < 1.29 is 4.79 Å². The second kappa shape index (κ2) is 5.40. The van der Waals surface area contributed by atoms with Crippen LogP contribution in [0.25, 0.3) is 0 Å². The van der Waals surface area contributed by atoms with E-state index in [1.54, 1.807) is 0 Å². The Bertz CT molecular complexity index is 310. The third-order valence-electron chi connectivity index (χ3n) is 1.91. The number of nitrogens with two attached hydrogens (primary N) is 1. The van der Waals surface area contributed by atoms with Crippen molar-refractivity contribution >= 4 is 5.91 Å². The van der Waals surface area contributed by atoms with Gasteiger partial charge in [-0.3, -0.25) is 4.79 Å². The van der Waals surface area contributed by atoms with E-state index in [2.05, 4.69) is 5.32 Å². The summed E-state index contributed by atoms with van der Waals surface area (Å²) in [6, 6.07) is 7.94. The Kier molecular flexibility index (Phi) is 4.13. The van der Waals surface area contributed by atoms with Crippen LogP contribution in [-0.2, 0) is 11.2 Å². The van der Waals surface area contributed by atoms with Crippen LogP contribution < -0.4 is 11.1 Å². The van der Waals surface area contributed by atoms with Crippen LogP contribution >= 0.6 is 0 Å². The third kappa shape index (κ3) is 3.58. The largest absolute Gasteiger partial charge is 0.355 e. The lowest BCUT2D eigenvalue weighted by Gasteiger charge is -2.03. The summed E-state index contributed by atoms with van der Waals surface area (Å²) in [5, 5.41) is 2.74. The van der Waals surface area contributed by atoms with E-state index in [9.17, 15) is 4.79 Å². The molecule has 1 aromatic carbocycles. The van der Waals surface area contributed by atoms with E-state index in [-0.39, 0.29) is 5.91 Å². The maximum atomic E-state index is 11.3. The molecule has 0 aliphatic rings. The quantitative estimate of drug-likeness (QED) is 0.734. The number of rotatable bonds is 4. The van der Waals surface area contributed by atoms with E-state index in [0.717, 1.165) is 5.56 Å². The van der Waals surface area contributed by atoms with E-state index in [0.29, 0.717) is 19.5 Å². The topological polar surface area (TPSA) is 55.1 Å². The van der Waals surface area contributed by atoms with Gasteiger partial charge >= 0.3 is 0 Å². The molecule has 3 N–H and O–H groups in total. The summed E-state index contributed by atoms with van der Waals surface area (Å²) < 4.78 is 0. The SMILES string of the molecule is Cc1cccc(CC(=O)NCCN)c1. The molecule has 0 atom stereocenters. The van der Waals surface area contributed by atoms with Gasteiger partial charge in [0.1, 0.15) is 0 Å². The van der Waals surface area contributed by atoms with Crippen LogP contribution in [0, 0.1) is 6.92 Å². The van der Waals surface area contributed by atoms with Crippen LogP contribution in [0.15, 0.2) is 24.3 Å². The Morgan fingerprint density at radius 1 is 1.50 bits per heavy atom. The van der Waals surface area contributed by atoms with Crippen molar-refractivity contribution in [2.75, 3.05) is 13.1 Å². The first-order chi connectivity index (χ1) is 6.72. The lowest BCUT2D eigenvalue weighted by molar-refractivity contribution is -0.120. The summed E-state index contributed by atoms with van der Waals surface area (Å²) in [7, 11) is 0. The molecule has 1 rings (SSSR count). The number of hydrogen-bond donors (Lipinski definition) is 2. The van der Waals surface area contributed by atoms with Crippen LogP contribution in [0.5, 0.6) is 0 Å². The van der Waals surface area contributed by atoms with Gasteiger partial charge in [0.05, 0.1) is 6.42 Å². The molecular formula is C11H16N2O. The molecule has 0 bridgehead atoms. The minimum atomic E-state index is 0.0288. The number of nitrogens with one attached hydrogen (secondary N) is 1. The van der Waals surface area contributed by atoms with Crippen LogP contribution in [0.1, 0.15) is 11.1 Å². The van der Waals surface area contributed by atoms with E-state index in [1.165, 1.54) is 5.56 Å². The lowest BCUT2D eigenvalue weighted by Crippen LogP contribution is -2.30. The van der Waals surface area contributed by atoms with E-state index < -0.39 is 0 Å². The van der Waals surface area contributed by atoms with Crippen molar-refractivity contribution in [3.63, 3.8) is 0 Å². The third-order valence-corrected chi connectivity index (χ3v) is 1.91. The van der Waals surface area contributed by atoms with Gasteiger partial charge in [-0.15, -0.1) is 0 Å². The first-order valence-electron chi connectivity index (χ1n) is 4.74. The highest BCUT2D eigenvalue weighted by Crippen LogP contribution is 2.04. The molecule has 0 unspecified atom stereocenters. The van der Waals surface area contributed by atoms with Crippen LogP contribution in [0.2, 0.25) is 0 Å². The van der Waals surface area contributed by atoms with Gasteiger partial charge in [-0.25, -0.2) is 0 Å². The molecule has 76 valence electrons. The van der Waals surface area contributed by atoms with Gasteiger partial charge in [-0.05, 0) is 12.5 Å². The molecule has 14 heavy (non-hydrogen) atoms. The minimum Gasteiger partial charge on any atom is -0.355 e. The molecule has 3 nitrogen and oxygen atoms in total. The van der Waals surface area contributed by atoms with Crippen molar-refractivity contribution in [3.8, 4) is 0 Å². The van der Waals surface area contributed by atoms with Gasteiger partial charge in [-0.2, -0.15) is 0 Å². The lowest BCUT2D eigenvalue weighted by atomic mass is 10.1. The van der Waals surface area contributed by atoms with Crippen LogP contribution in [0.4, 0.5) is 0 Å². The molecular weight excluding hydrogens is 176 g/mol. The summed E-state index contributed by atoms with van der Waals surface area (Å²) >= 11 is 0. The molecule has 0 aliphatic carbocycles. The maximum Gasteiger partial charge on any atom is 0.224 e. The summed E-state index contributed by atoms with van der Waals surface area (Å²) in [5.74, 6) is 0.0288. The molecule has 0 fully saturated rings. The Balaban J connectivity index is 2.47. The number of aryl methyl sites for hydroxylation is 1. The molecule has 0 aromatic heterocycles. The van der Waals surface area contributed by atoms with Crippen LogP contribution in [-0.4, -0.2) is 19.0 Å². The highest BCUT2D eigenvalue weighted by Gasteiger charge is 2.01. The van der Waals surface area contributed by atoms with E-state index >= 15 is 0 Å². The van der Waals surface area contributed by atoms with Crippen molar-refractivity contribution in [1.82, 2.24) is 5.32 Å². The van der Waals surface area contributed by atoms with Crippen molar-refractivity contribution in [3.05, 3.63) is 35.4 Å². The number of hydrogen-bond acceptors (Lipinski definition) is 2. The van der Waals surface area contributed by atoms with Crippen LogP contribution in [0.3, 0.4) is 0 Å². The smallest absolute Gasteiger partial charge is 0.224 e. The first kappa shape index (κ1) is 10.7. The Morgan fingerprint density at radius 3 is 2.93 bits per heavy atom. The molecule has 0 spiro atoms. The first-order valence-corrected chi connectivity index (χ1v) is 4.74. The number of carbonyl (C=O) groups is 1. The summed E-state index contributed by atoms with van der Waals surface area (Å²) in [4.78, 5) is 11.3. The fourth-order valence-corrected chi connectivity index (χ4v) is 1.28. The molecule has 0 saturated carbocycles. The molecule has 1 aromatic rings. The Labute approximate surface area is 84.3 Å². The summed E-state index contributed by atoms with van der Waals surface area (Å²) in [5.41, 5.74) is 7.50. The maximum absolute atomic E-state index is 11.3. The molecule has 0 saturated heterocycles. The summed E-state index contributed by atoms with van der Waals surface area (Å²) in [6.07, 6.45) is 0.432. The van der Waals surface area contributed by atoms with Crippen molar-refractivity contribution in [1.29, 1.82) is 0 Å². The zero-order valence-corrected chi connectivity index (χ0v) is 8.42. The van der Waals surface area contributed by atoms with E-state index in [4.69, 9.17) is 5.73 Å². The highest BCUT2D eigenvalue weighted by atomic mass is 16.1. The average Bonchev–Trinajstić information content (AvgIpc) is 2.15. The standard InChI is InChI=1S/C11H16N2O/c1-9-3-2-4-10(7-9)8-11(14)13-6-5-12/h2-4,7H,5-6,8,12H2,1H3,(H,13,14). The Hall–Kier alpha value is -1.35. The molecule has 0 radical (unpaired) electrons. The van der Waals surface area contributed by atoms with Gasteiger partial charge in [0.15, 0.2) is 0 Å².